The molecular formula is C16H12N8O2. The predicted octanol–water partition coefficient (Wildman–Crippen LogP) is 1.71. The third kappa shape index (κ3) is 3.32. The van der Waals surface area contributed by atoms with Crippen LogP contribution in [0, 0.1) is 47.8 Å². The highest BCUT2D eigenvalue weighted by atomic mass is 16.6. The van der Waals surface area contributed by atoms with Gasteiger partial charge in [0.2, 0.25) is 0 Å². The van der Waals surface area contributed by atoms with Crippen LogP contribution in [0.2, 0.25) is 0 Å². The molecular weight excluding hydrogens is 336 g/mol. The molecule has 2 aromatic rings. The number of rotatable bonds is 4. The first-order chi connectivity index (χ1) is 12.4. The average Bonchev–Trinajstić information content (AvgIpc) is 3.23. The van der Waals surface area contributed by atoms with Gasteiger partial charge in [-0.1, -0.05) is 10.3 Å². The highest BCUT2D eigenvalue weighted by Gasteiger charge is 2.18. The second-order valence-electron chi connectivity index (χ2n) is 5.12. The van der Waals surface area contributed by atoms with E-state index in [0.29, 0.717) is 22.7 Å². The monoisotopic (exact) mass is 348 g/mol. The summed E-state index contributed by atoms with van der Waals surface area (Å²) in [7, 11) is 0. The summed E-state index contributed by atoms with van der Waals surface area (Å²) in [6, 6.07) is 5.52. The second-order valence-corrected chi connectivity index (χ2v) is 5.12. The van der Waals surface area contributed by atoms with Crippen molar-refractivity contribution >= 4 is 11.1 Å². The Hall–Kier alpha value is -4.23. The van der Waals surface area contributed by atoms with Crippen LogP contribution in [-0.4, -0.2) is 20.6 Å². The zero-order valence-corrected chi connectivity index (χ0v) is 14.1. The Kier molecular flexibility index (Phi) is 5.27. The van der Waals surface area contributed by atoms with Gasteiger partial charge in [-0.2, -0.15) is 15.8 Å². The maximum Gasteiger partial charge on any atom is 0.140 e. The van der Waals surface area contributed by atoms with Gasteiger partial charge < -0.3 is 5.73 Å². The van der Waals surface area contributed by atoms with Crippen molar-refractivity contribution in [3.05, 3.63) is 45.7 Å². The van der Waals surface area contributed by atoms with Crippen LogP contribution in [0.25, 0.3) is 11.1 Å². The number of nitriles is 3. The molecule has 2 N–H and O–H groups in total. The van der Waals surface area contributed by atoms with E-state index >= 15 is 0 Å². The SMILES string of the molecule is CC(=C(C#N)C(N)=CC(=C(C#N)C#N)c1nonc1C)c1nonc1C. The van der Waals surface area contributed by atoms with Gasteiger partial charge in [0.15, 0.2) is 0 Å². The highest BCUT2D eigenvalue weighted by molar-refractivity contribution is 5.84. The van der Waals surface area contributed by atoms with Crippen LogP contribution >= 0.6 is 0 Å². The van der Waals surface area contributed by atoms with Crippen molar-refractivity contribution in [2.45, 2.75) is 20.8 Å². The minimum atomic E-state index is -0.249. The minimum absolute atomic E-state index is 0.00722. The van der Waals surface area contributed by atoms with E-state index in [1.165, 1.54) is 6.08 Å². The van der Waals surface area contributed by atoms with E-state index in [1.54, 1.807) is 32.9 Å². The van der Waals surface area contributed by atoms with Gasteiger partial charge in [-0.25, -0.2) is 9.26 Å². The molecule has 0 unspecified atom stereocenters. The number of hydrogen-bond acceptors (Lipinski definition) is 10. The third-order valence-corrected chi connectivity index (χ3v) is 3.48. The molecule has 10 heteroatoms. The van der Waals surface area contributed by atoms with Crippen molar-refractivity contribution in [2.75, 3.05) is 0 Å². The first-order valence-corrected chi connectivity index (χ1v) is 7.16. The lowest BCUT2D eigenvalue weighted by molar-refractivity contribution is 0.303. The summed E-state index contributed by atoms with van der Waals surface area (Å²) in [6.45, 7) is 4.90. The highest BCUT2D eigenvalue weighted by Crippen LogP contribution is 2.26. The van der Waals surface area contributed by atoms with E-state index in [0.717, 1.165) is 0 Å². The second kappa shape index (κ2) is 7.56. The van der Waals surface area contributed by atoms with Crippen molar-refractivity contribution in [1.82, 2.24) is 20.6 Å². The minimum Gasteiger partial charge on any atom is -0.398 e. The smallest absolute Gasteiger partial charge is 0.140 e. The van der Waals surface area contributed by atoms with E-state index in [-0.39, 0.29) is 28.1 Å². The molecule has 0 amide bonds. The van der Waals surface area contributed by atoms with Gasteiger partial charge >= 0.3 is 0 Å². The first-order valence-electron chi connectivity index (χ1n) is 7.16. The molecule has 0 radical (unpaired) electrons. The molecule has 0 aromatic carbocycles. The van der Waals surface area contributed by atoms with E-state index < -0.39 is 0 Å². The van der Waals surface area contributed by atoms with Crippen molar-refractivity contribution in [3.63, 3.8) is 0 Å². The fraction of sp³-hybridized carbons (Fsp3) is 0.188. The van der Waals surface area contributed by atoms with Crippen molar-refractivity contribution in [3.8, 4) is 18.2 Å². The fourth-order valence-electron chi connectivity index (χ4n) is 2.16. The molecule has 0 fully saturated rings. The quantitative estimate of drug-likeness (QED) is 0.632. The Balaban J connectivity index is 2.68. The predicted molar refractivity (Wildman–Crippen MR) is 86.7 cm³/mol. The number of nitrogens with two attached hydrogens (primary N) is 1. The van der Waals surface area contributed by atoms with Crippen LogP contribution in [0.4, 0.5) is 0 Å². The lowest BCUT2D eigenvalue weighted by atomic mass is 9.99. The van der Waals surface area contributed by atoms with Gasteiger partial charge in [0.1, 0.15) is 46.6 Å². The summed E-state index contributed by atoms with van der Waals surface area (Å²) >= 11 is 0. The van der Waals surface area contributed by atoms with E-state index in [4.69, 9.17) is 5.73 Å². The molecule has 0 spiro atoms. The largest absolute Gasteiger partial charge is 0.398 e. The van der Waals surface area contributed by atoms with Gasteiger partial charge in [0.25, 0.3) is 0 Å². The molecule has 26 heavy (non-hydrogen) atoms. The van der Waals surface area contributed by atoms with Crippen LogP contribution in [-0.2, 0) is 0 Å². The number of nitrogens with zero attached hydrogens (tertiary/aromatic N) is 7. The molecule has 0 atom stereocenters. The van der Waals surface area contributed by atoms with Crippen LogP contribution < -0.4 is 5.73 Å². The average molecular weight is 348 g/mol. The molecule has 2 aromatic heterocycles. The molecule has 10 nitrogen and oxygen atoms in total. The summed E-state index contributed by atoms with van der Waals surface area (Å²) in [5.41, 5.74) is 7.85. The number of aromatic nitrogens is 4. The molecule has 2 rings (SSSR count). The summed E-state index contributed by atoms with van der Waals surface area (Å²) < 4.78 is 9.26. The molecule has 0 saturated heterocycles. The Morgan fingerprint density at radius 1 is 0.923 bits per heavy atom. The summed E-state index contributed by atoms with van der Waals surface area (Å²) in [5, 5.41) is 42.7. The Labute approximate surface area is 148 Å². The summed E-state index contributed by atoms with van der Waals surface area (Å²) in [4.78, 5) is 0. The number of hydrogen-bond donors (Lipinski definition) is 1. The number of aryl methyl sites for hydroxylation is 2. The molecule has 0 aliphatic rings. The van der Waals surface area contributed by atoms with Crippen LogP contribution in [0.1, 0.15) is 29.7 Å². The molecule has 2 heterocycles. The van der Waals surface area contributed by atoms with Gasteiger partial charge in [0, 0.05) is 11.1 Å². The standard InChI is InChI=1S/C16H12N8O2/c1-8(15-9(2)21-25-23-15)13(7-19)14(20)4-12(11(5-17)6-18)16-10(3)22-26-24-16/h4H,20H2,1-3H3. The topological polar surface area (TPSA) is 175 Å². The molecule has 0 saturated carbocycles. The lowest BCUT2D eigenvalue weighted by Crippen LogP contribution is -2.04. The van der Waals surface area contributed by atoms with Gasteiger partial charge in [-0.3, -0.25) is 0 Å². The van der Waals surface area contributed by atoms with Crippen LogP contribution in [0.3, 0.4) is 0 Å². The normalized spacial score (nSPS) is 11.8. The van der Waals surface area contributed by atoms with E-state index in [2.05, 4.69) is 29.9 Å². The molecule has 0 bridgehead atoms. The van der Waals surface area contributed by atoms with Crippen LogP contribution in [0.5, 0.6) is 0 Å². The Morgan fingerprint density at radius 2 is 1.46 bits per heavy atom. The van der Waals surface area contributed by atoms with E-state index in [1.807, 2.05) is 6.07 Å². The third-order valence-electron chi connectivity index (χ3n) is 3.48. The van der Waals surface area contributed by atoms with Gasteiger partial charge in [-0.15, -0.1) is 0 Å². The first kappa shape index (κ1) is 18.1. The lowest BCUT2D eigenvalue weighted by Gasteiger charge is -2.05. The summed E-state index contributed by atoms with van der Waals surface area (Å²) in [6.07, 6.45) is 1.30. The van der Waals surface area contributed by atoms with Crippen molar-refractivity contribution in [1.29, 1.82) is 15.8 Å². The van der Waals surface area contributed by atoms with Gasteiger partial charge in [0.05, 0.1) is 11.3 Å². The Morgan fingerprint density at radius 3 is 1.88 bits per heavy atom. The molecule has 0 aliphatic heterocycles. The summed E-state index contributed by atoms with van der Waals surface area (Å²) in [5.74, 6) is 0. The van der Waals surface area contributed by atoms with Crippen molar-refractivity contribution < 1.29 is 9.26 Å². The zero-order chi connectivity index (χ0) is 19.3. The zero-order valence-electron chi connectivity index (χ0n) is 14.1. The maximum atomic E-state index is 9.51. The molecule has 128 valence electrons. The number of allylic oxidation sites excluding steroid dienone is 5. The van der Waals surface area contributed by atoms with E-state index in [9.17, 15) is 15.8 Å². The maximum absolute atomic E-state index is 9.51. The van der Waals surface area contributed by atoms with Gasteiger partial charge in [-0.05, 0) is 37.2 Å². The van der Waals surface area contributed by atoms with Crippen LogP contribution in [0.15, 0.2) is 32.2 Å². The van der Waals surface area contributed by atoms with Crippen molar-refractivity contribution in [2.24, 2.45) is 5.73 Å². The Bertz CT molecular complexity index is 1050. The fourth-order valence-corrected chi connectivity index (χ4v) is 2.16. The molecule has 0 aliphatic carbocycles.